The number of hydrogen-bond donors (Lipinski definition) is 2. The van der Waals surface area contributed by atoms with Gasteiger partial charge in [-0.25, -0.2) is 0 Å². The highest BCUT2D eigenvalue weighted by Crippen LogP contribution is 2.39. The van der Waals surface area contributed by atoms with Gasteiger partial charge in [0.2, 0.25) is 0 Å². The molecule has 3 unspecified atom stereocenters. The molecule has 0 fully saturated rings. The molecule has 0 saturated heterocycles. The zero-order chi connectivity index (χ0) is 23.8. The molecule has 182 valence electrons. The summed E-state index contributed by atoms with van der Waals surface area (Å²) >= 11 is 0. The van der Waals surface area contributed by atoms with Gasteiger partial charge in [0.25, 0.3) is 0 Å². The highest BCUT2D eigenvalue weighted by molar-refractivity contribution is 5.45. The van der Waals surface area contributed by atoms with Gasteiger partial charge in [0.1, 0.15) is 11.5 Å². The van der Waals surface area contributed by atoms with E-state index in [9.17, 15) is 0 Å². The minimum atomic E-state index is 0.116. The fraction of sp³-hybridized carbons (Fsp3) is 0.571. The molecule has 2 aliphatic carbocycles. The van der Waals surface area contributed by atoms with E-state index in [4.69, 9.17) is 20.9 Å². The molecule has 2 aromatic rings. The molecular weight excluding hydrogens is 410 g/mol. The molecule has 0 bridgehead atoms. The number of ether oxygens (including phenoxy) is 2. The summed E-state index contributed by atoms with van der Waals surface area (Å²) < 4.78 is 10.8. The zero-order valence-corrected chi connectivity index (χ0v) is 21.0. The Kier molecular flexibility index (Phi) is 9.60. The standard InChI is InChI=1S/C17H28N2O.C11H15NO/c1-4-19(5-2)12-11-14-10-9-13-7-6-8-15(20-3)16(13)17(14)18;1-13-10-7-3-5-8-4-2-6-9(12)11(8)10/h6-8,14,17H,4-5,9-12,18H2,1-3H3;3,5,7,9H,2,4,6,12H2,1H3. The van der Waals surface area contributed by atoms with Crippen molar-refractivity contribution in [1.29, 1.82) is 0 Å². The summed E-state index contributed by atoms with van der Waals surface area (Å²) in [5.74, 6) is 2.48. The molecule has 33 heavy (non-hydrogen) atoms. The van der Waals surface area contributed by atoms with Gasteiger partial charge in [-0.3, -0.25) is 0 Å². The third-order valence-electron chi connectivity index (χ3n) is 7.42. The highest BCUT2D eigenvalue weighted by atomic mass is 16.5. The zero-order valence-electron chi connectivity index (χ0n) is 21.0. The first-order valence-corrected chi connectivity index (χ1v) is 12.6. The van der Waals surface area contributed by atoms with Crippen LogP contribution in [0.4, 0.5) is 0 Å². The van der Waals surface area contributed by atoms with E-state index in [0.717, 1.165) is 50.4 Å². The second kappa shape index (κ2) is 12.4. The van der Waals surface area contributed by atoms with Crippen molar-refractivity contribution in [2.24, 2.45) is 17.4 Å². The molecule has 2 aliphatic rings. The van der Waals surface area contributed by atoms with Crippen LogP contribution < -0.4 is 20.9 Å². The predicted octanol–water partition coefficient (Wildman–Crippen LogP) is 5.02. The minimum Gasteiger partial charge on any atom is -0.496 e. The number of nitrogens with zero attached hydrogens (tertiary/aromatic N) is 1. The van der Waals surface area contributed by atoms with Gasteiger partial charge in [-0.1, -0.05) is 38.1 Å². The largest absolute Gasteiger partial charge is 0.496 e. The Labute approximate surface area is 200 Å². The molecular formula is C28H43N3O2. The van der Waals surface area contributed by atoms with Crippen LogP contribution in [0.1, 0.15) is 73.9 Å². The summed E-state index contributed by atoms with van der Waals surface area (Å²) in [5, 5.41) is 0. The van der Waals surface area contributed by atoms with Gasteiger partial charge in [-0.15, -0.1) is 0 Å². The average molecular weight is 454 g/mol. The van der Waals surface area contributed by atoms with Crippen LogP contribution in [0.15, 0.2) is 36.4 Å². The van der Waals surface area contributed by atoms with Crippen molar-refractivity contribution in [3.05, 3.63) is 58.7 Å². The van der Waals surface area contributed by atoms with Gasteiger partial charge in [-0.2, -0.15) is 0 Å². The van der Waals surface area contributed by atoms with E-state index < -0.39 is 0 Å². The van der Waals surface area contributed by atoms with Gasteiger partial charge >= 0.3 is 0 Å². The first-order chi connectivity index (χ1) is 16.0. The topological polar surface area (TPSA) is 73.7 Å². The SMILES string of the molecule is CCN(CC)CCC1CCc2cccc(OC)c2C1N.COc1cccc2c1C(N)CCC2. The highest BCUT2D eigenvalue weighted by Gasteiger charge is 2.29. The smallest absolute Gasteiger partial charge is 0.123 e. The lowest BCUT2D eigenvalue weighted by atomic mass is 9.78. The van der Waals surface area contributed by atoms with Crippen LogP contribution in [0, 0.1) is 5.92 Å². The van der Waals surface area contributed by atoms with E-state index in [1.165, 1.54) is 41.5 Å². The van der Waals surface area contributed by atoms with E-state index in [2.05, 4.69) is 36.9 Å². The molecule has 3 atom stereocenters. The summed E-state index contributed by atoms with van der Waals surface area (Å²) in [4.78, 5) is 2.48. The first-order valence-electron chi connectivity index (χ1n) is 12.6. The number of aryl methyl sites for hydroxylation is 2. The molecule has 5 nitrogen and oxygen atoms in total. The molecule has 4 N–H and O–H groups in total. The number of methoxy groups -OCH3 is 2. The predicted molar refractivity (Wildman–Crippen MR) is 137 cm³/mol. The maximum Gasteiger partial charge on any atom is 0.123 e. The summed E-state index contributed by atoms with van der Waals surface area (Å²) in [5.41, 5.74) is 17.8. The van der Waals surface area contributed by atoms with Gasteiger partial charge in [0.05, 0.1) is 14.2 Å². The average Bonchev–Trinajstić information content (AvgIpc) is 2.85. The Hall–Kier alpha value is -2.08. The van der Waals surface area contributed by atoms with Gasteiger partial charge in [0.15, 0.2) is 0 Å². The quantitative estimate of drug-likeness (QED) is 0.616. The maximum absolute atomic E-state index is 6.54. The van der Waals surface area contributed by atoms with E-state index in [1.54, 1.807) is 14.2 Å². The number of benzene rings is 2. The van der Waals surface area contributed by atoms with Crippen molar-refractivity contribution < 1.29 is 9.47 Å². The van der Waals surface area contributed by atoms with Gasteiger partial charge in [0, 0.05) is 23.2 Å². The molecule has 0 heterocycles. The number of hydrogen-bond acceptors (Lipinski definition) is 5. The van der Waals surface area contributed by atoms with Crippen molar-refractivity contribution >= 4 is 0 Å². The van der Waals surface area contributed by atoms with Crippen LogP contribution in [0.2, 0.25) is 0 Å². The minimum absolute atomic E-state index is 0.116. The van der Waals surface area contributed by atoms with Crippen molar-refractivity contribution in [2.75, 3.05) is 33.9 Å². The van der Waals surface area contributed by atoms with Crippen LogP contribution in [0.5, 0.6) is 11.5 Å². The van der Waals surface area contributed by atoms with E-state index >= 15 is 0 Å². The third-order valence-corrected chi connectivity index (χ3v) is 7.42. The summed E-state index contributed by atoms with van der Waals surface area (Å²) in [7, 11) is 3.44. The molecule has 4 rings (SSSR count). The Balaban J connectivity index is 0.000000203. The summed E-state index contributed by atoms with van der Waals surface area (Å²) in [6, 6.07) is 12.8. The van der Waals surface area contributed by atoms with Crippen LogP contribution in [0.25, 0.3) is 0 Å². The molecule has 0 aromatic heterocycles. The normalized spacial score (nSPS) is 21.5. The van der Waals surface area contributed by atoms with E-state index in [1.807, 2.05) is 18.2 Å². The molecule has 0 spiro atoms. The van der Waals surface area contributed by atoms with Crippen molar-refractivity contribution in [2.45, 2.75) is 64.5 Å². The fourth-order valence-electron chi connectivity index (χ4n) is 5.40. The van der Waals surface area contributed by atoms with Crippen LogP contribution >= 0.6 is 0 Å². The lowest BCUT2D eigenvalue weighted by Crippen LogP contribution is -2.32. The van der Waals surface area contributed by atoms with Crippen LogP contribution in [-0.4, -0.2) is 38.8 Å². The number of fused-ring (bicyclic) bond motifs is 2. The monoisotopic (exact) mass is 453 g/mol. The third kappa shape index (κ3) is 6.08. The number of nitrogens with two attached hydrogens (primary N) is 2. The van der Waals surface area contributed by atoms with E-state index in [-0.39, 0.29) is 12.1 Å². The Morgan fingerprint density at radius 2 is 1.45 bits per heavy atom. The molecule has 0 radical (unpaired) electrons. The van der Waals surface area contributed by atoms with Crippen molar-refractivity contribution in [3.63, 3.8) is 0 Å². The van der Waals surface area contributed by atoms with Crippen molar-refractivity contribution in [3.8, 4) is 11.5 Å². The van der Waals surface area contributed by atoms with Crippen LogP contribution in [-0.2, 0) is 12.8 Å². The summed E-state index contributed by atoms with van der Waals surface area (Å²) in [6.45, 7) is 7.85. The lowest BCUT2D eigenvalue weighted by molar-refractivity contribution is 0.247. The first kappa shape index (κ1) is 25.5. The molecule has 0 aliphatic heterocycles. The molecule has 0 amide bonds. The van der Waals surface area contributed by atoms with Crippen molar-refractivity contribution in [1.82, 2.24) is 4.90 Å². The number of rotatable bonds is 7. The van der Waals surface area contributed by atoms with Gasteiger partial charge < -0.3 is 25.8 Å². The fourth-order valence-corrected chi connectivity index (χ4v) is 5.40. The van der Waals surface area contributed by atoms with E-state index in [0.29, 0.717) is 5.92 Å². The second-order valence-corrected chi connectivity index (χ2v) is 9.20. The second-order valence-electron chi connectivity index (χ2n) is 9.20. The molecule has 5 heteroatoms. The lowest BCUT2D eigenvalue weighted by Gasteiger charge is -2.33. The Morgan fingerprint density at radius 3 is 2.06 bits per heavy atom. The Bertz CT molecular complexity index is 853. The molecule has 0 saturated carbocycles. The summed E-state index contributed by atoms with van der Waals surface area (Å²) in [6.07, 6.45) is 6.92. The van der Waals surface area contributed by atoms with Gasteiger partial charge in [-0.05, 0) is 87.3 Å². The van der Waals surface area contributed by atoms with Crippen LogP contribution in [0.3, 0.4) is 0 Å². The Morgan fingerprint density at radius 1 is 0.848 bits per heavy atom. The molecule has 2 aromatic carbocycles. The maximum atomic E-state index is 6.54.